The van der Waals surface area contributed by atoms with Crippen molar-refractivity contribution < 1.29 is 4.84 Å². The van der Waals surface area contributed by atoms with E-state index in [-0.39, 0.29) is 11.4 Å². The molecule has 20 heavy (non-hydrogen) atoms. The number of halogens is 2. The van der Waals surface area contributed by atoms with Gasteiger partial charge in [0.25, 0.3) is 0 Å². The Morgan fingerprint density at radius 3 is 3.15 bits per heavy atom. The molecule has 0 bridgehead atoms. The highest BCUT2D eigenvalue weighted by molar-refractivity contribution is 9.10. The molecular formula is C12H9BrClN5O. The van der Waals surface area contributed by atoms with Gasteiger partial charge in [-0.2, -0.15) is 10.2 Å². The van der Waals surface area contributed by atoms with E-state index in [9.17, 15) is 0 Å². The third-order valence-electron chi connectivity index (χ3n) is 3.03. The molecule has 0 aromatic carbocycles. The van der Waals surface area contributed by atoms with E-state index < -0.39 is 0 Å². The first-order valence-corrected chi connectivity index (χ1v) is 7.20. The highest BCUT2D eigenvalue weighted by Crippen LogP contribution is 2.46. The van der Waals surface area contributed by atoms with Gasteiger partial charge in [-0.1, -0.05) is 5.16 Å². The molecule has 1 fully saturated rings. The number of rotatable bonds is 4. The van der Waals surface area contributed by atoms with E-state index in [1.165, 1.54) is 0 Å². The number of fused-ring (bicyclic) bond motifs is 1. The van der Waals surface area contributed by atoms with E-state index in [2.05, 4.69) is 36.0 Å². The van der Waals surface area contributed by atoms with Crippen LogP contribution in [0.25, 0.3) is 11.0 Å². The number of oxime groups is 1. The van der Waals surface area contributed by atoms with Crippen LogP contribution in [0.5, 0.6) is 6.01 Å². The van der Waals surface area contributed by atoms with Crippen LogP contribution < -0.4 is 4.84 Å². The van der Waals surface area contributed by atoms with E-state index in [0.717, 1.165) is 34.7 Å². The van der Waals surface area contributed by atoms with E-state index in [0.29, 0.717) is 11.4 Å². The quantitative estimate of drug-likeness (QED) is 0.518. The Morgan fingerprint density at radius 2 is 2.45 bits per heavy atom. The van der Waals surface area contributed by atoms with Crippen molar-refractivity contribution in [3.05, 3.63) is 16.4 Å². The average molecular weight is 355 g/mol. The van der Waals surface area contributed by atoms with Gasteiger partial charge in [-0.3, -0.25) is 4.98 Å². The summed E-state index contributed by atoms with van der Waals surface area (Å²) in [5.41, 5.74) is 2.18. The molecule has 1 saturated carbocycles. The van der Waals surface area contributed by atoms with Crippen LogP contribution in [0.2, 0.25) is 0 Å². The Labute approximate surface area is 127 Å². The first-order valence-electron chi connectivity index (χ1n) is 5.97. The number of nitrogens with one attached hydrogen (secondary N) is 1. The van der Waals surface area contributed by atoms with Crippen LogP contribution in [0.15, 0.2) is 15.8 Å². The molecule has 1 unspecified atom stereocenters. The van der Waals surface area contributed by atoms with Gasteiger partial charge >= 0.3 is 6.01 Å². The van der Waals surface area contributed by atoms with Crippen LogP contribution in [0.4, 0.5) is 0 Å². The molecule has 8 heteroatoms. The number of hydrogen-bond acceptors (Lipinski definition) is 5. The van der Waals surface area contributed by atoms with Gasteiger partial charge in [0.1, 0.15) is 17.8 Å². The predicted molar refractivity (Wildman–Crippen MR) is 77.6 cm³/mol. The van der Waals surface area contributed by atoms with Crippen molar-refractivity contribution in [2.75, 3.05) is 0 Å². The number of imidazole rings is 1. The molecule has 0 amide bonds. The molecule has 1 atom stereocenters. The SMILES string of the molecule is N#CC=NOc1nc2c(Br)cnc(C(Cl)C3CC3)c2[nH]1. The minimum absolute atomic E-state index is 0.137. The molecule has 0 saturated heterocycles. The monoisotopic (exact) mass is 353 g/mol. The van der Waals surface area contributed by atoms with Gasteiger partial charge in [-0.25, -0.2) is 0 Å². The molecular weight excluding hydrogens is 346 g/mol. The summed E-state index contributed by atoms with van der Waals surface area (Å²) >= 11 is 9.83. The van der Waals surface area contributed by atoms with Crippen LogP contribution in [0, 0.1) is 17.2 Å². The number of H-pyrrole nitrogens is 1. The fraction of sp³-hybridized carbons (Fsp3) is 0.333. The second kappa shape index (κ2) is 5.38. The molecule has 2 aromatic heterocycles. The van der Waals surface area contributed by atoms with Crippen molar-refractivity contribution in [3.8, 4) is 12.1 Å². The summed E-state index contributed by atoms with van der Waals surface area (Å²) in [5.74, 6) is 0.470. The first-order chi connectivity index (χ1) is 9.70. The largest absolute Gasteiger partial charge is 0.324 e. The predicted octanol–water partition coefficient (Wildman–Crippen LogP) is 3.30. The van der Waals surface area contributed by atoms with Crippen molar-refractivity contribution >= 4 is 44.8 Å². The second-order valence-electron chi connectivity index (χ2n) is 4.45. The third kappa shape index (κ3) is 2.49. The summed E-state index contributed by atoms with van der Waals surface area (Å²) in [4.78, 5) is 16.6. The summed E-state index contributed by atoms with van der Waals surface area (Å²) in [6.45, 7) is 0. The molecule has 0 radical (unpaired) electrons. The van der Waals surface area contributed by atoms with Crippen LogP contribution in [0.3, 0.4) is 0 Å². The summed E-state index contributed by atoms with van der Waals surface area (Å²) in [7, 11) is 0. The zero-order chi connectivity index (χ0) is 14.1. The van der Waals surface area contributed by atoms with Gasteiger partial charge in [0.2, 0.25) is 0 Å². The summed E-state index contributed by atoms with van der Waals surface area (Å²) in [5, 5.41) is 11.7. The van der Waals surface area contributed by atoms with E-state index in [4.69, 9.17) is 21.7 Å². The van der Waals surface area contributed by atoms with Crippen molar-refractivity contribution in [2.24, 2.45) is 11.1 Å². The Kier molecular flexibility index (Phi) is 3.59. The number of alkyl halides is 1. The molecule has 1 N–H and O–H groups in total. The average Bonchev–Trinajstić information content (AvgIpc) is 3.19. The minimum atomic E-state index is -0.137. The van der Waals surface area contributed by atoms with Gasteiger partial charge in [0.05, 0.1) is 21.1 Å². The maximum absolute atomic E-state index is 8.37. The zero-order valence-electron chi connectivity index (χ0n) is 10.2. The fourth-order valence-corrected chi connectivity index (χ4v) is 2.73. The van der Waals surface area contributed by atoms with Crippen LogP contribution in [0.1, 0.15) is 23.9 Å². The van der Waals surface area contributed by atoms with Gasteiger partial charge < -0.3 is 9.82 Å². The van der Waals surface area contributed by atoms with E-state index in [1.807, 2.05) is 0 Å². The first kappa shape index (κ1) is 13.3. The molecule has 1 aliphatic rings. The number of nitriles is 1. The molecule has 102 valence electrons. The second-order valence-corrected chi connectivity index (χ2v) is 5.78. The van der Waals surface area contributed by atoms with E-state index >= 15 is 0 Å². The summed E-state index contributed by atoms with van der Waals surface area (Å²) in [6, 6.07) is 1.93. The number of nitrogens with zero attached hydrogens (tertiary/aromatic N) is 4. The number of pyridine rings is 1. The topological polar surface area (TPSA) is 86.9 Å². The van der Waals surface area contributed by atoms with Crippen LogP contribution in [-0.4, -0.2) is 21.2 Å². The molecule has 6 nitrogen and oxygen atoms in total. The van der Waals surface area contributed by atoms with Gasteiger partial charge in [-0.05, 0) is 34.7 Å². The molecule has 1 aliphatic carbocycles. The standard InChI is InChI=1S/C12H9BrClN5O/c13-7-5-16-10(8(14)6-1-2-6)11-9(7)18-12(19-11)20-17-4-3-15/h4-6,8H,1-2H2,(H,18,19). The van der Waals surface area contributed by atoms with Crippen molar-refractivity contribution in [1.29, 1.82) is 5.26 Å². The molecule has 2 heterocycles. The van der Waals surface area contributed by atoms with E-state index in [1.54, 1.807) is 12.3 Å². The maximum Gasteiger partial charge on any atom is 0.324 e. The van der Waals surface area contributed by atoms with Crippen molar-refractivity contribution in [3.63, 3.8) is 0 Å². The molecule has 0 spiro atoms. The van der Waals surface area contributed by atoms with Crippen LogP contribution in [-0.2, 0) is 0 Å². The fourth-order valence-electron chi connectivity index (χ4n) is 1.93. The maximum atomic E-state index is 8.37. The Morgan fingerprint density at radius 1 is 1.65 bits per heavy atom. The highest BCUT2D eigenvalue weighted by Gasteiger charge is 2.33. The zero-order valence-corrected chi connectivity index (χ0v) is 12.5. The summed E-state index contributed by atoms with van der Waals surface area (Å²) in [6.07, 6.45) is 4.91. The Balaban J connectivity index is 2.02. The lowest BCUT2D eigenvalue weighted by atomic mass is 10.1. The van der Waals surface area contributed by atoms with Gasteiger partial charge in [-0.15, -0.1) is 11.6 Å². The molecule has 0 aliphatic heterocycles. The normalized spacial score (nSPS) is 16.4. The number of aromatic nitrogens is 3. The highest BCUT2D eigenvalue weighted by atomic mass is 79.9. The smallest absolute Gasteiger partial charge is 0.316 e. The summed E-state index contributed by atoms with van der Waals surface area (Å²) < 4.78 is 0.742. The number of hydrogen-bond donors (Lipinski definition) is 1. The van der Waals surface area contributed by atoms with Gasteiger partial charge in [0.15, 0.2) is 0 Å². The molecule has 3 rings (SSSR count). The van der Waals surface area contributed by atoms with Crippen LogP contribution >= 0.6 is 27.5 Å². The van der Waals surface area contributed by atoms with Gasteiger partial charge in [0, 0.05) is 6.20 Å². The Hall–Kier alpha value is -1.65. The van der Waals surface area contributed by atoms with Crippen molar-refractivity contribution in [1.82, 2.24) is 15.0 Å². The third-order valence-corrected chi connectivity index (χ3v) is 4.17. The minimum Gasteiger partial charge on any atom is -0.316 e. The Bertz CT molecular complexity index is 718. The lowest BCUT2D eigenvalue weighted by Gasteiger charge is -2.08. The molecule has 2 aromatic rings. The number of aromatic amines is 1. The van der Waals surface area contributed by atoms with Crippen molar-refractivity contribution in [2.45, 2.75) is 18.2 Å². The lowest BCUT2D eigenvalue weighted by Crippen LogP contribution is -1.98. The lowest BCUT2D eigenvalue weighted by molar-refractivity contribution is 0.320.